The van der Waals surface area contributed by atoms with E-state index in [0.717, 1.165) is 5.69 Å². The third-order valence-electron chi connectivity index (χ3n) is 4.32. The number of hydrogen-bond donors (Lipinski definition) is 3. The summed E-state index contributed by atoms with van der Waals surface area (Å²) in [7, 11) is 0. The molecule has 2 aromatic rings. The third kappa shape index (κ3) is 2.83. The number of rotatable bonds is 4. The Morgan fingerprint density at radius 2 is 1.92 bits per heavy atom. The number of carbonyl (C=O) groups excluding carboxylic acids is 1. The Balaban J connectivity index is 2.05. The zero-order chi connectivity index (χ0) is 17.3. The van der Waals surface area contributed by atoms with E-state index in [-0.39, 0.29) is 12.3 Å². The van der Waals surface area contributed by atoms with Crippen LogP contribution in [-0.4, -0.2) is 28.9 Å². The van der Waals surface area contributed by atoms with Gasteiger partial charge in [-0.1, -0.05) is 29.8 Å². The van der Waals surface area contributed by atoms with Gasteiger partial charge in [0, 0.05) is 16.4 Å². The predicted octanol–water partition coefficient (Wildman–Crippen LogP) is 3.37. The van der Waals surface area contributed by atoms with E-state index in [0.29, 0.717) is 16.3 Å². The molecule has 6 heteroatoms. The van der Waals surface area contributed by atoms with Gasteiger partial charge in [0.25, 0.3) is 0 Å². The molecule has 3 rings (SSSR count). The molecular formula is C18H17ClN2O3. The zero-order valence-electron chi connectivity index (χ0n) is 13.0. The molecule has 0 bridgehead atoms. The number of nitrogens with one attached hydrogen (secondary N) is 2. The number of ketones is 1. The molecule has 0 amide bonds. The van der Waals surface area contributed by atoms with Gasteiger partial charge in [-0.05, 0) is 42.8 Å². The van der Waals surface area contributed by atoms with Gasteiger partial charge in [0.1, 0.15) is 5.54 Å². The maximum absolute atomic E-state index is 12.6. The van der Waals surface area contributed by atoms with Crippen molar-refractivity contribution < 1.29 is 14.7 Å². The molecule has 2 unspecified atom stereocenters. The van der Waals surface area contributed by atoms with Gasteiger partial charge in [-0.3, -0.25) is 4.79 Å². The molecule has 2 atom stereocenters. The monoisotopic (exact) mass is 344 g/mol. The molecule has 0 aromatic heterocycles. The third-order valence-corrected chi connectivity index (χ3v) is 4.57. The van der Waals surface area contributed by atoms with E-state index in [1.807, 2.05) is 12.1 Å². The first-order valence-corrected chi connectivity index (χ1v) is 7.92. The van der Waals surface area contributed by atoms with Crippen molar-refractivity contribution in [3.05, 3.63) is 59.1 Å². The van der Waals surface area contributed by atoms with E-state index < -0.39 is 17.4 Å². The number of benzene rings is 2. The fourth-order valence-electron chi connectivity index (χ4n) is 3.08. The van der Waals surface area contributed by atoms with Crippen LogP contribution in [0.3, 0.4) is 0 Å². The summed E-state index contributed by atoms with van der Waals surface area (Å²) >= 11 is 5.88. The van der Waals surface area contributed by atoms with Crippen LogP contribution in [0.5, 0.6) is 0 Å². The highest BCUT2D eigenvalue weighted by molar-refractivity contribution is 6.30. The van der Waals surface area contributed by atoms with Crippen molar-refractivity contribution in [2.45, 2.75) is 18.4 Å². The average Bonchev–Trinajstić information content (AvgIpc) is 2.56. The van der Waals surface area contributed by atoms with Crippen LogP contribution < -0.4 is 10.6 Å². The molecule has 1 aliphatic heterocycles. The summed E-state index contributed by atoms with van der Waals surface area (Å²) in [6, 6.07) is 14.0. The van der Waals surface area contributed by atoms with Gasteiger partial charge in [-0.15, -0.1) is 0 Å². The number of Topliss-reactive ketones (excluding diaryl/α,β-unsaturated/α-hetero) is 1. The lowest BCUT2D eigenvalue weighted by molar-refractivity contribution is -0.144. The van der Waals surface area contributed by atoms with E-state index in [1.165, 1.54) is 6.92 Å². The maximum Gasteiger partial charge on any atom is 0.330 e. The van der Waals surface area contributed by atoms with E-state index >= 15 is 0 Å². The molecular weight excluding hydrogens is 328 g/mol. The van der Waals surface area contributed by atoms with Crippen LogP contribution in [0.2, 0.25) is 5.02 Å². The number of aliphatic carboxylic acids is 1. The van der Waals surface area contributed by atoms with Gasteiger partial charge in [0.15, 0.2) is 5.78 Å². The molecule has 1 aliphatic rings. The summed E-state index contributed by atoms with van der Waals surface area (Å²) in [5.74, 6) is -2.06. The predicted molar refractivity (Wildman–Crippen MR) is 93.8 cm³/mol. The molecule has 3 N–H and O–H groups in total. The van der Waals surface area contributed by atoms with E-state index in [4.69, 9.17) is 11.6 Å². The Kier molecular flexibility index (Phi) is 4.20. The molecule has 0 aliphatic carbocycles. The lowest BCUT2D eigenvalue weighted by Gasteiger charge is -2.38. The second kappa shape index (κ2) is 6.17. The summed E-state index contributed by atoms with van der Waals surface area (Å²) in [5, 5.41) is 16.5. The van der Waals surface area contributed by atoms with Crippen molar-refractivity contribution in [3.8, 4) is 0 Å². The molecule has 0 radical (unpaired) electrons. The van der Waals surface area contributed by atoms with Gasteiger partial charge in [0.2, 0.25) is 0 Å². The van der Waals surface area contributed by atoms with Crippen LogP contribution in [-0.2, 0) is 9.59 Å². The topological polar surface area (TPSA) is 78.4 Å². The van der Waals surface area contributed by atoms with Crippen LogP contribution in [0.1, 0.15) is 18.4 Å². The van der Waals surface area contributed by atoms with Crippen molar-refractivity contribution in [1.82, 2.24) is 0 Å². The molecule has 5 nitrogen and oxygen atoms in total. The number of carbonyl (C=O) groups is 2. The van der Waals surface area contributed by atoms with Crippen LogP contribution in [0.25, 0.3) is 0 Å². The maximum atomic E-state index is 12.6. The lowest BCUT2D eigenvalue weighted by Crippen LogP contribution is -2.53. The number of carboxylic acids is 1. The number of carboxylic acid groups (broad SMARTS) is 1. The van der Waals surface area contributed by atoms with Crippen LogP contribution in [0, 0.1) is 0 Å². The van der Waals surface area contributed by atoms with Gasteiger partial charge in [-0.2, -0.15) is 0 Å². The second-order valence-electron chi connectivity index (χ2n) is 5.98. The minimum Gasteiger partial charge on any atom is -0.479 e. The minimum absolute atomic E-state index is 0.104. The van der Waals surface area contributed by atoms with Crippen molar-refractivity contribution in [3.63, 3.8) is 0 Å². The molecule has 2 aromatic carbocycles. The molecule has 0 spiro atoms. The molecule has 0 saturated heterocycles. The standard InChI is InChI=1S/C18H17ClN2O3/c1-18(17(23)24,21-12-8-6-11(19)7-9-12)16-13-4-2-3-5-14(13)20-10-15(16)22/h2-9,16,20-21H,10H2,1H3,(H,23,24). The lowest BCUT2D eigenvalue weighted by atomic mass is 9.75. The number of para-hydroxylation sites is 1. The largest absolute Gasteiger partial charge is 0.479 e. The number of anilines is 2. The molecule has 124 valence electrons. The van der Waals surface area contributed by atoms with Crippen molar-refractivity contribution in [2.24, 2.45) is 0 Å². The first kappa shape index (κ1) is 16.3. The van der Waals surface area contributed by atoms with E-state index in [9.17, 15) is 14.7 Å². The average molecular weight is 345 g/mol. The summed E-state index contributed by atoms with van der Waals surface area (Å²) < 4.78 is 0. The quantitative estimate of drug-likeness (QED) is 0.792. The number of hydrogen-bond acceptors (Lipinski definition) is 4. The highest BCUT2D eigenvalue weighted by atomic mass is 35.5. The fourth-order valence-corrected chi connectivity index (χ4v) is 3.21. The molecule has 0 fully saturated rings. The summed E-state index contributed by atoms with van der Waals surface area (Å²) in [5.41, 5.74) is 0.573. The second-order valence-corrected chi connectivity index (χ2v) is 6.42. The van der Waals surface area contributed by atoms with Crippen LogP contribution in [0.4, 0.5) is 11.4 Å². The Labute approximate surface area is 144 Å². The number of fused-ring (bicyclic) bond motifs is 1. The Hall–Kier alpha value is -2.53. The Morgan fingerprint density at radius 1 is 1.25 bits per heavy atom. The highest BCUT2D eigenvalue weighted by Crippen LogP contribution is 2.39. The highest BCUT2D eigenvalue weighted by Gasteiger charge is 2.48. The van der Waals surface area contributed by atoms with E-state index in [1.54, 1.807) is 36.4 Å². The summed E-state index contributed by atoms with van der Waals surface area (Å²) in [6.07, 6.45) is 0. The summed E-state index contributed by atoms with van der Waals surface area (Å²) in [4.78, 5) is 24.7. The van der Waals surface area contributed by atoms with Crippen molar-refractivity contribution >= 4 is 34.7 Å². The van der Waals surface area contributed by atoms with Gasteiger partial charge in [-0.25, -0.2) is 4.79 Å². The molecule has 24 heavy (non-hydrogen) atoms. The molecule has 1 heterocycles. The molecule has 0 saturated carbocycles. The van der Waals surface area contributed by atoms with Crippen molar-refractivity contribution in [2.75, 3.05) is 17.2 Å². The van der Waals surface area contributed by atoms with Gasteiger partial charge < -0.3 is 15.7 Å². The number of halogens is 1. The normalized spacial score (nSPS) is 18.9. The van der Waals surface area contributed by atoms with Gasteiger partial charge in [0.05, 0.1) is 12.5 Å². The van der Waals surface area contributed by atoms with Crippen LogP contribution in [0.15, 0.2) is 48.5 Å². The smallest absolute Gasteiger partial charge is 0.330 e. The summed E-state index contributed by atoms with van der Waals surface area (Å²) in [6.45, 7) is 1.64. The first-order valence-electron chi connectivity index (χ1n) is 7.54. The Bertz CT molecular complexity index is 791. The van der Waals surface area contributed by atoms with Crippen molar-refractivity contribution in [1.29, 1.82) is 0 Å². The fraction of sp³-hybridized carbons (Fsp3) is 0.222. The van der Waals surface area contributed by atoms with E-state index in [2.05, 4.69) is 10.6 Å². The van der Waals surface area contributed by atoms with Crippen LogP contribution >= 0.6 is 11.6 Å². The SMILES string of the molecule is CC(Nc1ccc(Cl)cc1)(C(=O)O)C1C(=O)CNc2ccccc21. The minimum atomic E-state index is -1.48. The van der Waals surface area contributed by atoms with Gasteiger partial charge >= 0.3 is 5.97 Å². The Morgan fingerprint density at radius 3 is 2.58 bits per heavy atom. The first-order chi connectivity index (χ1) is 11.4. The zero-order valence-corrected chi connectivity index (χ0v) is 13.8.